The number of carbonyl (C=O) groups is 3. The average Bonchev–Trinajstić information content (AvgIpc) is 2.62. The molecule has 1 atom stereocenters. The third-order valence-electron chi connectivity index (χ3n) is 3.43. The zero-order chi connectivity index (χ0) is 19.1. The number of halogens is 1. The van der Waals surface area contributed by atoms with Crippen LogP contribution < -0.4 is 5.32 Å². The second kappa shape index (κ2) is 8.79. The Kier molecular flexibility index (Phi) is 6.48. The van der Waals surface area contributed by atoms with Gasteiger partial charge >= 0.3 is 5.97 Å². The van der Waals surface area contributed by atoms with Crippen molar-refractivity contribution in [3.05, 3.63) is 64.7 Å². The first-order valence-electron chi connectivity index (χ1n) is 7.68. The molecule has 0 heterocycles. The average molecular weight is 371 g/mol. The first kappa shape index (κ1) is 19.2. The SMILES string of the molecule is CC(OC(=O)c1ccc(NC(=O)CC#N)cc1)C(=O)c1ccc(Cl)cc1. The predicted molar refractivity (Wildman–Crippen MR) is 96.0 cm³/mol. The minimum Gasteiger partial charge on any atom is -0.451 e. The predicted octanol–water partition coefficient (Wildman–Crippen LogP) is 3.62. The van der Waals surface area contributed by atoms with E-state index in [1.165, 1.54) is 31.2 Å². The number of esters is 1. The van der Waals surface area contributed by atoms with E-state index >= 15 is 0 Å². The van der Waals surface area contributed by atoms with Crippen LogP contribution in [0.5, 0.6) is 0 Å². The van der Waals surface area contributed by atoms with E-state index in [1.807, 2.05) is 0 Å². The van der Waals surface area contributed by atoms with Gasteiger partial charge in [0.15, 0.2) is 6.10 Å². The van der Waals surface area contributed by atoms with Gasteiger partial charge in [0, 0.05) is 16.3 Å². The van der Waals surface area contributed by atoms with E-state index in [9.17, 15) is 14.4 Å². The highest BCUT2D eigenvalue weighted by Crippen LogP contribution is 2.15. The first-order valence-corrected chi connectivity index (χ1v) is 8.06. The number of nitrogens with zero attached hydrogens (tertiary/aromatic N) is 1. The normalized spacial score (nSPS) is 11.1. The van der Waals surface area contributed by atoms with Crippen LogP contribution in [0.2, 0.25) is 5.02 Å². The van der Waals surface area contributed by atoms with Crippen LogP contribution in [0.3, 0.4) is 0 Å². The molecule has 2 aromatic rings. The molecule has 0 aliphatic heterocycles. The van der Waals surface area contributed by atoms with Crippen LogP contribution in [0.15, 0.2) is 48.5 Å². The summed E-state index contributed by atoms with van der Waals surface area (Å²) < 4.78 is 5.19. The van der Waals surface area contributed by atoms with Crippen molar-refractivity contribution in [1.82, 2.24) is 0 Å². The highest BCUT2D eigenvalue weighted by molar-refractivity contribution is 6.30. The van der Waals surface area contributed by atoms with Crippen LogP contribution in [0.25, 0.3) is 0 Å². The fraction of sp³-hybridized carbons (Fsp3) is 0.158. The summed E-state index contributed by atoms with van der Waals surface area (Å²) in [7, 11) is 0. The van der Waals surface area contributed by atoms with Gasteiger partial charge in [0.2, 0.25) is 11.7 Å². The molecule has 1 unspecified atom stereocenters. The quantitative estimate of drug-likeness (QED) is 0.618. The van der Waals surface area contributed by atoms with Gasteiger partial charge in [-0.15, -0.1) is 0 Å². The highest BCUT2D eigenvalue weighted by atomic mass is 35.5. The molecule has 0 bridgehead atoms. The zero-order valence-electron chi connectivity index (χ0n) is 13.9. The summed E-state index contributed by atoms with van der Waals surface area (Å²) in [5.74, 6) is -1.44. The van der Waals surface area contributed by atoms with Gasteiger partial charge in [0.1, 0.15) is 6.42 Å². The van der Waals surface area contributed by atoms with E-state index in [1.54, 1.807) is 30.3 Å². The number of Topliss-reactive ketones (excluding diaryl/α,β-unsaturated/α-hetero) is 1. The van der Waals surface area contributed by atoms with E-state index in [0.717, 1.165) is 0 Å². The van der Waals surface area contributed by atoms with Gasteiger partial charge in [-0.05, 0) is 55.5 Å². The Morgan fingerprint density at radius 1 is 1.08 bits per heavy atom. The van der Waals surface area contributed by atoms with Crippen LogP contribution in [0.1, 0.15) is 34.1 Å². The molecule has 1 N–H and O–H groups in total. The van der Waals surface area contributed by atoms with Crippen molar-refractivity contribution in [3.8, 4) is 6.07 Å². The molecule has 26 heavy (non-hydrogen) atoms. The largest absolute Gasteiger partial charge is 0.451 e. The van der Waals surface area contributed by atoms with Crippen molar-refractivity contribution < 1.29 is 19.1 Å². The number of ether oxygens (including phenoxy) is 1. The van der Waals surface area contributed by atoms with Gasteiger partial charge in [-0.3, -0.25) is 9.59 Å². The fourth-order valence-corrected chi connectivity index (χ4v) is 2.22. The number of hydrogen-bond acceptors (Lipinski definition) is 5. The molecule has 132 valence electrons. The number of anilines is 1. The van der Waals surface area contributed by atoms with E-state index in [4.69, 9.17) is 21.6 Å². The van der Waals surface area contributed by atoms with Gasteiger partial charge in [-0.2, -0.15) is 5.26 Å². The van der Waals surface area contributed by atoms with E-state index in [-0.39, 0.29) is 17.8 Å². The molecule has 6 nitrogen and oxygen atoms in total. The third-order valence-corrected chi connectivity index (χ3v) is 3.68. The van der Waals surface area contributed by atoms with Crippen molar-refractivity contribution in [2.24, 2.45) is 0 Å². The molecule has 2 rings (SSSR count). The lowest BCUT2D eigenvalue weighted by molar-refractivity contribution is -0.115. The second-order valence-electron chi connectivity index (χ2n) is 5.38. The van der Waals surface area contributed by atoms with Gasteiger partial charge < -0.3 is 10.1 Å². The third kappa shape index (κ3) is 5.16. The topological polar surface area (TPSA) is 96.3 Å². The smallest absolute Gasteiger partial charge is 0.338 e. The van der Waals surface area contributed by atoms with Gasteiger partial charge in [0.25, 0.3) is 0 Å². The lowest BCUT2D eigenvalue weighted by Gasteiger charge is -2.13. The van der Waals surface area contributed by atoms with Gasteiger partial charge in [-0.1, -0.05) is 11.6 Å². The standard InChI is InChI=1S/C19H15ClN2O4/c1-12(18(24)13-2-6-15(20)7-3-13)26-19(25)14-4-8-16(9-5-14)22-17(23)10-11-21/h2-9,12H,10H2,1H3,(H,22,23). The molecule has 0 aliphatic carbocycles. The van der Waals surface area contributed by atoms with Gasteiger partial charge in [0.05, 0.1) is 11.6 Å². The summed E-state index contributed by atoms with van der Waals surface area (Å²) in [6.45, 7) is 1.49. The van der Waals surface area contributed by atoms with E-state index in [2.05, 4.69) is 5.32 Å². The Morgan fingerprint density at radius 3 is 2.23 bits per heavy atom. The minimum atomic E-state index is -0.960. The molecule has 0 saturated heterocycles. The summed E-state index contributed by atoms with van der Waals surface area (Å²) >= 11 is 5.78. The summed E-state index contributed by atoms with van der Waals surface area (Å²) in [6.07, 6.45) is -1.22. The summed E-state index contributed by atoms with van der Waals surface area (Å²) in [4.78, 5) is 35.8. The lowest BCUT2D eigenvalue weighted by atomic mass is 10.1. The van der Waals surface area contributed by atoms with Crippen molar-refractivity contribution in [2.45, 2.75) is 19.4 Å². The summed E-state index contributed by atoms with van der Waals surface area (Å²) in [5, 5.41) is 11.5. The number of hydrogen-bond donors (Lipinski definition) is 1. The Labute approximate surface area is 155 Å². The maximum atomic E-state index is 12.3. The molecule has 7 heteroatoms. The maximum absolute atomic E-state index is 12.3. The van der Waals surface area contributed by atoms with Crippen molar-refractivity contribution in [3.63, 3.8) is 0 Å². The molecule has 0 spiro atoms. The highest BCUT2D eigenvalue weighted by Gasteiger charge is 2.20. The van der Waals surface area contributed by atoms with Crippen molar-refractivity contribution >= 4 is 34.9 Å². The number of nitrogens with one attached hydrogen (secondary N) is 1. The Morgan fingerprint density at radius 2 is 1.65 bits per heavy atom. The monoisotopic (exact) mass is 370 g/mol. The molecule has 0 radical (unpaired) electrons. The first-order chi connectivity index (χ1) is 12.4. The molecule has 1 amide bonds. The van der Waals surface area contributed by atoms with Crippen LogP contribution in [0, 0.1) is 11.3 Å². The van der Waals surface area contributed by atoms with Gasteiger partial charge in [-0.25, -0.2) is 4.79 Å². The molecule has 0 saturated carbocycles. The lowest BCUT2D eigenvalue weighted by Crippen LogP contribution is -2.24. The zero-order valence-corrected chi connectivity index (χ0v) is 14.6. The number of benzene rings is 2. The van der Waals surface area contributed by atoms with Crippen molar-refractivity contribution in [2.75, 3.05) is 5.32 Å². The fourth-order valence-electron chi connectivity index (χ4n) is 2.10. The molecule has 0 aromatic heterocycles. The molecule has 0 aliphatic rings. The number of amides is 1. The Balaban J connectivity index is 1.98. The Hall–Kier alpha value is -3.17. The van der Waals surface area contributed by atoms with Crippen LogP contribution in [-0.4, -0.2) is 23.8 Å². The van der Waals surface area contributed by atoms with E-state index in [0.29, 0.717) is 16.3 Å². The molecule has 0 fully saturated rings. The maximum Gasteiger partial charge on any atom is 0.338 e. The van der Waals surface area contributed by atoms with Crippen LogP contribution in [-0.2, 0) is 9.53 Å². The van der Waals surface area contributed by atoms with Crippen molar-refractivity contribution in [1.29, 1.82) is 5.26 Å². The number of carbonyl (C=O) groups excluding carboxylic acids is 3. The Bertz CT molecular complexity index is 855. The summed E-state index contributed by atoms with van der Waals surface area (Å²) in [5.41, 5.74) is 1.08. The van der Waals surface area contributed by atoms with E-state index < -0.39 is 18.0 Å². The molecular formula is C19H15ClN2O4. The van der Waals surface area contributed by atoms with Crippen LogP contribution in [0.4, 0.5) is 5.69 Å². The molecule has 2 aromatic carbocycles. The minimum absolute atomic E-state index is 0.235. The number of rotatable bonds is 6. The number of ketones is 1. The summed E-state index contributed by atoms with van der Waals surface area (Å²) in [6, 6.07) is 14.0. The second-order valence-corrected chi connectivity index (χ2v) is 5.82. The molecular weight excluding hydrogens is 356 g/mol. The number of nitriles is 1. The van der Waals surface area contributed by atoms with Crippen LogP contribution >= 0.6 is 11.6 Å².